The van der Waals surface area contributed by atoms with Gasteiger partial charge in [0.05, 0.1) is 22.1 Å². The van der Waals surface area contributed by atoms with Crippen LogP contribution < -0.4 is 10.5 Å². The lowest BCUT2D eigenvalue weighted by atomic mass is 9.91. The Labute approximate surface area is 215 Å². The number of carbonyl (C=O) groups is 1. The lowest BCUT2D eigenvalue weighted by Gasteiger charge is -2.28. The number of halogens is 1. The molecule has 2 N–H and O–H groups in total. The summed E-state index contributed by atoms with van der Waals surface area (Å²) >= 11 is 6.15. The summed E-state index contributed by atoms with van der Waals surface area (Å²) in [6.45, 7) is 8.38. The number of aromatic nitrogens is 1. The van der Waals surface area contributed by atoms with Gasteiger partial charge in [0, 0.05) is 41.7 Å². The summed E-state index contributed by atoms with van der Waals surface area (Å²) in [6.07, 6.45) is 2.57. The van der Waals surface area contributed by atoms with Crippen LogP contribution >= 0.6 is 11.6 Å². The normalized spacial score (nSPS) is 15.5. The maximum atomic E-state index is 12.9. The second-order valence-electron chi connectivity index (χ2n) is 10.1. The summed E-state index contributed by atoms with van der Waals surface area (Å²) in [5.74, 6) is 0.238. The molecule has 1 aliphatic rings. The van der Waals surface area contributed by atoms with Crippen molar-refractivity contribution < 1.29 is 19.2 Å². The second-order valence-corrected chi connectivity index (χ2v) is 10.5. The molecule has 0 saturated heterocycles. The second kappa shape index (κ2) is 10.5. The number of nitro benzene ring substituents is 1. The van der Waals surface area contributed by atoms with Gasteiger partial charge in [-0.3, -0.25) is 10.1 Å². The number of non-ortho nitro benzene ring substituents is 1. The quantitative estimate of drug-likeness (QED) is 0.223. The minimum atomic E-state index is -0.580. The monoisotopic (exact) mass is 513 g/mol. The number of ether oxygens (including phenoxy) is 2. The van der Waals surface area contributed by atoms with Crippen LogP contribution in [0.5, 0.6) is 5.75 Å². The van der Waals surface area contributed by atoms with Gasteiger partial charge in [-0.1, -0.05) is 32.4 Å². The number of hydrogen-bond donors (Lipinski definition) is 1. The van der Waals surface area contributed by atoms with Crippen molar-refractivity contribution in [2.45, 2.75) is 59.1 Å². The van der Waals surface area contributed by atoms with E-state index in [9.17, 15) is 14.9 Å². The molecule has 0 amide bonds. The van der Waals surface area contributed by atoms with Gasteiger partial charge in [-0.05, 0) is 61.1 Å². The molecule has 192 valence electrons. The van der Waals surface area contributed by atoms with E-state index in [0.717, 1.165) is 41.6 Å². The first-order valence-electron chi connectivity index (χ1n) is 12.3. The van der Waals surface area contributed by atoms with E-state index in [0.29, 0.717) is 26.0 Å². The van der Waals surface area contributed by atoms with Crippen LogP contribution in [0.15, 0.2) is 36.4 Å². The van der Waals surface area contributed by atoms with Gasteiger partial charge in [0.2, 0.25) is 0 Å². The first-order valence-corrected chi connectivity index (χ1v) is 12.6. The van der Waals surface area contributed by atoms with E-state index in [1.54, 1.807) is 0 Å². The van der Waals surface area contributed by atoms with E-state index in [2.05, 4.69) is 37.5 Å². The van der Waals surface area contributed by atoms with E-state index in [1.807, 2.05) is 6.07 Å². The van der Waals surface area contributed by atoms with Gasteiger partial charge in [-0.25, -0.2) is 4.79 Å². The number of rotatable bonds is 9. The average molecular weight is 514 g/mol. The third-order valence-electron chi connectivity index (χ3n) is 6.66. The van der Waals surface area contributed by atoms with Gasteiger partial charge in [-0.2, -0.15) is 0 Å². The molecular weight excluding hydrogens is 482 g/mol. The number of fused-ring (bicyclic) bond motifs is 3. The van der Waals surface area contributed by atoms with E-state index in [1.165, 1.54) is 23.9 Å². The molecule has 1 heterocycles. The largest absolute Gasteiger partial charge is 0.494 e. The molecule has 3 aromatic rings. The predicted molar refractivity (Wildman–Crippen MR) is 140 cm³/mol. The fourth-order valence-electron chi connectivity index (χ4n) is 4.68. The molecule has 1 atom stereocenters. The SMILES string of the molecule is CCCOc1ccc2c(c1)c1c(n2CC(C)(C)CN)CCC(OC(=O)c2ccc([N+](=O)[O-])cc2Cl)C1. The first kappa shape index (κ1) is 26.0. The van der Waals surface area contributed by atoms with Crippen LogP contribution in [0.2, 0.25) is 5.02 Å². The van der Waals surface area contributed by atoms with Gasteiger partial charge < -0.3 is 19.8 Å². The van der Waals surface area contributed by atoms with Crippen LogP contribution in [0, 0.1) is 15.5 Å². The number of nitro groups is 1. The van der Waals surface area contributed by atoms with E-state index < -0.39 is 10.9 Å². The molecule has 36 heavy (non-hydrogen) atoms. The van der Waals surface area contributed by atoms with Crippen LogP contribution in [0.1, 0.15) is 55.2 Å². The standard InChI is InChI=1S/C27H32ClN3O5/c1-4-11-35-18-6-9-24-21(13-18)22-14-19(7-10-25(22)30(24)16-27(2,3)15-29)36-26(32)20-8-5-17(31(33)34)12-23(20)28/h5-6,8-9,12-13,19H,4,7,10-11,14-16,29H2,1-3H3. The van der Waals surface area contributed by atoms with E-state index >= 15 is 0 Å². The van der Waals surface area contributed by atoms with Crippen molar-refractivity contribution in [1.82, 2.24) is 4.57 Å². The van der Waals surface area contributed by atoms with E-state index in [4.69, 9.17) is 26.8 Å². The van der Waals surface area contributed by atoms with Gasteiger partial charge in [0.1, 0.15) is 11.9 Å². The van der Waals surface area contributed by atoms with Gasteiger partial charge in [0.25, 0.3) is 5.69 Å². The predicted octanol–water partition coefficient (Wildman–Crippen LogP) is 5.69. The van der Waals surface area contributed by atoms with Crippen LogP contribution in [0.3, 0.4) is 0 Å². The summed E-state index contributed by atoms with van der Waals surface area (Å²) in [7, 11) is 0. The molecule has 0 aliphatic heterocycles. The number of nitrogens with zero attached hydrogens (tertiary/aromatic N) is 2. The van der Waals surface area contributed by atoms with Gasteiger partial charge in [-0.15, -0.1) is 0 Å². The Morgan fingerprint density at radius 2 is 2.06 bits per heavy atom. The zero-order valence-electron chi connectivity index (χ0n) is 20.9. The third-order valence-corrected chi connectivity index (χ3v) is 6.97. The van der Waals surface area contributed by atoms with Crippen molar-refractivity contribution in [3.63, 3.8) is 0 Å². The van der Waals surface area contributed by atoms with Crippen LogP contribution in [-0.4, -0.2) is 34.7 Å². The smallest absolute Gasteiger partial charge is 0.339 e. The first-order chi connectivity index (χ1) is 17.1. The fourth-order valence-corrected chi connectivity index (χ4v) is 4.93. The number of hydrogen-bond acceptors (Lipinski definition) is 6. The van der Waals surface area contributed by atoms with Crippen LogP contribution in [-0.2, 0) is 24.1 Å². The van der Waals surface area contributed by atoms with Gasteiger partial charge >= 0.3 is 5.97 Å². The van der Waals surface area contributed by atoms with Crippen molar-refractivity contribution in [2.24, 2.45) is 11.1 Å². The molecule has 0 fully saturated rings. The highest BCUT2D eigenvalue weighted by atomic mass is 35.5. The van der Waals surface area contributed by atoms with Crippen molar-refractivity contribution in [3.05, 3.63) is 68.4 Å². The van der Waals surface area contributed by atoms with Crippen molar-refractivity contribution in [2.75, 3.05) is 13.2 Å². The molecule has 0 spiro atoms. The van der Waals surface area contributed by atoms with Gasteiger partial charge in [0.15, 0.2) is 0 Å². The Kier molecular flexibility index (Phi) is 7.57. The summed E-state index contributed by atoms with van der Waals surface area (Å²) in [5, 5.41) is 12.1. The highest BCUT2D eigenvalue weighted by Crippen LogP contribution is 2.37. The minimum absolute atomic E-state index is 0.00373. The minimum Gasteiger partial charge on any atom is -0.494 e. The molecule has 1 aliphatic carbocycles. The molecule has 4 rings (SSSR count). The summed E-state index contributed by atoms with van der Waals surface area (Å²) in [5.41, 5.74) is 9.43. The third kappa shape index (κ3) is 5.34. The Morgan fingerprint density at radius 1 is 1.28 bits per heavy atom. The van der Waals surface area contributed by atoms with Crippen molar-refractivity contribution in [3.8, 4) is 5.75 Å². The molecule has 0 radical (unpaired) electrons. The zero-order chi connectivity index (χ0) is 26.0. The Balaban J connectivity index is 1.64. The highest BCUT2D eigenvalue weighted by Gasteiger charge is 2.30. The number of carbonyl (C=O) groups excluding carboxylic acids is 1. The summed E-state index contributed by atoms with van der Waals surface area (Å²) in [6, 6.07) is 9.95. The fraction of sp³-hybridized carbons (Fsp3) is 0.444. The van der Waals surface area contributed by atoms with Crippen molar-refractivity contribution in [1.29, 1.82) is 0 Å². The van der Waals surface area contributed by atoms with Crippen molar-refractivity contribution >= 4 is 34.2 Å². The van der Waals surface area contributed by atoms with Crippen LogP contribution in [0.25, 0.3) is 10.9 Å². The maximum absolute atomic E-state index is 12.9. The lowest BCUT2D eigenvalue weighted by Crippen LogP contribution is -2.31. The maximum Gasteiger partial charge on any atom is 0.339 e. The Morgan fingerprint density at radius 3 is 2.72 bits per heavy atom. The number of benzene rings is 2. The lowest BCUT2D eigenvalue weighted by molar-refractivity contribution is -0.384. The number of nitrogens with two attached hydrogens (primary N) is 1. The average Bonchev–Trinajstić information content (AvgIpc) is 3.14. The topological polar surface area (TPSA) is 110 Å². The summed E-state index contributed by atoms with van der Waals surface area (Å²) < 4.78 is 14.1. The molecule has 1 aromatic heterocycles. The molecule has 8 nitrogen and oxygen atoms in total. The Hall–Kier alpha value is -3.10. The molecule has 0 saturated carbocycles. The molecule has 2 aromatic carbocycles. The molecule has 1 unspecified atom stereocenters. The van der Waals surface area contributed by atoms with E-state index in [-0.39, 0.29) is 27.8 Å². The zero-order valence-corrected chi connectivity index (χ0v) is 21.6. The highest BCUT2D eigenvalue weighted by molar-refractivity contribution is 6.33. The molecule has 0 bridgehead atoms. The molecule has 9 heteroatoms. The number of esters is 1. The van der Waals surface area contributed by atoms with Crippen LogP contribution in [0.4, 0.5) is 5.69 Å². The summed E-state index contributed by atoms with van der Waals surface area (Å²) in [4.78, 5) is 23.3. The molecular formula is C27H32ClN3O5. The Bertz CT molecular complexity index is 1300.